The second kappa shape index (κ2) is 6.44. The first-order chi connectivity index (χ1) is 11.6. The minimum absolute atomic E-state index is 0.398. The third-order valence-electron chi connectivity index (χ3n) is 5.60. The van der Waals surface area contributed by atoms with E-state index in [0.29, 0.717) is 18.1 Å². The van der Waals surface area contributed by atoms with Crippen molar-refractivity contribution < 1.29 is 9.36 Å². The number of piperidine rings is 1. The van der Waals surface area contributed by atoms with Gasteiger partial charge < -0.3 is 9.42 Å². The van der Waals surface area contributed by atoms with E-state index in [2.05, 4.69) is 27.4 Å². The lowest BCUT2D eigenvalue weighted by Gasteiger charge is -2.42. The van der Waals surface area contributed by atoms with Crippen LogP contribution < -0.4 is 5.48 Å². The van der Waals surface area contributed by atoms with Crippen molar-refractivity contribution in [2.45, 2.75) is 70.6 Å². The van der Waals surface area contributed by atoms with Crippen LogP contribution in [0.2, 0.25) is 0 Å². The fourth-order valence-electron chi connectivity index (χ4n) is 4.27. The van der Waals surface area contributed by atoms with Crippen molar-refractivity contribution in [3.05, 3.63) is 11.7 Å². The first-order valence-corrected chi connectivity index (χ1v) is 9.18. The number of aromatic nitrogens is 2. The van der Waals surface area contributed by atoms with E-state index in [-0.39, 0.29) is 0 Å². The summed E-state index contributed by atoms with van der Waals surface area (Å²) in [5.41, 5.74) is 2.59. The van der Waals surface area contributed by atoms with Gasteiger partial charge in [-0.2, -0.15) is 4.98 Å². The molecule has 7 heteroatoms. The van der Waals surface area contributed by atoms with Crippen molar-refractivity contribution in [2.75, 3.05) is 13.1 Å². The van der Waals surface area contributed by atoms with E-state index < -0.39 is 5.72 Å². The predicted octanol–water partition coefficient (Wildman–Crippen LogP) is 2.22. The van der Waals surface area contributed by atoms with Gasteiger partial charge in [0.25, 0.3) is 0 Å². The number of rotatable bonds is 3. The molecule has 1 saturated carbocycles. The van der Waals surface area contributed by atoms with E-state index in [1.54, 1.807) is 6.92 Å². The molecule has 1 aliphatic carbocycles. The highest BCUT2D eigenvalue weighted by Crippen LogP contribution is 2.34. The lowest BCUT2D eigenvalue weighted by atomic mass is 9.85. The number of hydrogen-bond donors (Lipinski definition) is 1. The Kier molecular flexibility index (Phi) is 4.30. The molecular weight excluding hydrogens is 306 g/mol. The monoisotopic (exact) mass is 333 g/mol. The number of nitrogens with one attached hydrogen (secondary N) is 1. The van der Waals surface area contributed by atoms with Gasteiger partial charge >= 0.3 is 0 Å². The van der Waals surface area contributed by atoms with Gasteiger partial charge in [0.05, 0.1) is 6.42 Å². The Balaban J connectivity index is 1.34. The van der Waals surface area contributed by atoms with E-state index >= 15 is 0 Å². The molecule has 3 heterocycles. The molecule has 3 aliphatic rings. The Bertz CT molecular complexity index is 606. The van der Waals surface area contributed by atoms with E-state index in [4.69, 9.17) is 14.4 Å². The number of likely N-dealkylation sites (tertiary alicyclic amines) is 1. The molecular formula is C17H27N5O2. The lowest BCUT2D eigenvalue weighted by Crippen LogP contribution is -2.49. The second-order valence-electron chi connectivity index (χ2n) is 7.58. The number of hydroxylamine groups is 1. The fraction of sp³-hybridized carbons (Fsp3) is 0.824. The largest absolute Gasteiger partial charge is 0.340 e. The van der Waals surface area contributed by atoms with Gasteiger partial charge in [-0.05, 0) is 18.8 Å². The summed E-state index contributed by atoms with van der Waals surface area (Å²) in [5.74, 6) is 2.89. The number of amidine groups is 1. The first-order valence-electron chi connectivity index (χ1n) is 9.18. The molecule has 2 atom stereocenters. The van der Waals surface area contributed by atoms with Gasteiger partial charge in [-0.3, -0.25) is 0 Å². The van der Waals surface area contributed by atoms with Crippen LogP contribution in [-0.4, -0.2) is 45.7 Å². The van der Waals surface area contributed by atoms with Crippen LogP contribution >= 0.6 is 0 Å². The predicted molar refractivity (Wildman–Crippen MR) is 89.4 cm³/mol. The molecule has 1 spiro atoms. The van der Waals surface area contributed by atoms with Crippen molar-refractivity contribution in [3.8, 4) is 0 Å². The zero-order valence-electron chi connectivity index (χ0n) is 14.6. The number of nitrogens with zero attached hydrogens (tertiary/aromatic N) is 4. The van der Waals surface area contributed by atoms with Gasteiger partial charge in [-0.15, -0.1) is 0 Å². The van der Waals surface area contributed by atoms with Gasteiger partial charge in [0.1, 0.15) is 5.84 Å². The summed E-state index contributed by atoms with van der Waals surface area (Å²) in [6, 6.07) is 0.756. The summed E-state index contributed by atoms with van der Waals surface area (Å²) in [6.07, 6.45) is 7.88. The Morgan fingerprint density at radius 3 is 2.83 bits per heavy atom. The SMILES string of the molecule is Cc1nc(CC2=NC3(CCN(C4CCCC(C)C4)CC3)ON2)no1. The summed E-state index contributed by atoms with van der Waals surface area (Å²) in [6.45, 7) is 6.31. The third-order valence-corrected chi connectivity index (χ3v) is 5.60. The Morgan fingerprint density at radius 1 is 1.29 bits per heavy atom. The molecule has 1 aromatic rings. The maximum atomic E-state index is 5.86. The van der Waals surface area contributed by atoms with Crippen molar-refractivity contribution >= 4 is 5.84 Å². The second-order valence-corrected chi connectivity index (χ2v) is 7.58. The molecule has 1 saturated heterocycles. The summed E-state index contributed by atoms with van der Waals surface area (Å²) < 4.78 is 5.01. The average molecular weight is 333 g/mol. The number of hydrogen-bond acceptors (Lipinski definition) is 7. The van der Waals surface area contributed by atoms with E-state index in [1.807, 2.05) is 0 Å². The van der Waals surface area contributed by atoms with Crippen LogP contribution in [-0.2, 0) is 11.3 Å². The zero-order valence-corrected chi connectivity index (χ0v) is 14.6. The van der Waals surface area contributed by atoms with Crippen molar-refractivity contribution in [2.24, 2.45) is 10.9 Å². The molecule has 0 bridgehead atoms. The molecule has 0 amide bonds. The molecule has 1 aromatic heterocycles. The van der Waals surface area contributed by atoms with Crippen LogP contribution in [0.25, 0.3) is 0 Å². The molecule has 0 radical (unpaired) electrons. The summed E-state index contributed by atoms with van der Waals surface area (Å²) in [7, 11) is 0. The van der Waals surface area contributed by atoms with Crippen LogP contribution in [0.3, 0.4) is 0 Å². The highest BCUT2D eigenvalue weighted by molar-refractivity contribution is 5.84. The molecule has 2 aliphatic heterocycles. The molecule has 132 valence electrons. The van der Waals surface area contributed by atoms with Crippen LogP contribution in [0.5, 0.6) is 0 Å². The van der Waals surface area contributed by atoms with Crippen molar-refractivity contribution in [3.63, 3.8) is 0 Å². The Morgan fingerprint density at radius 2 is 2.12 bits per heavy atom. The first kappa shape index (κ1) is 16.0. The van der Waals surface area contributed by atoms with Crippen molar-refractivity contribution in [1.29, 1.82) is 0 Å². The average Bonchev–Trinajstić information content (AvgIpc) is 3.15. The highest BCUT2D eigenvalue weighted by atomic mass is 16.7. The Hall–Kier alpha value is -1.47. The normalized spacial score (nSPS) is 30.3. The zero-order chi connectivity index (χ0) is 16.6. The molecule has 24 heavy (non-hydrogen) atoms. The van der Waals surface area contributed by atoms with Crippen molar-refractivity contribution in [1.82, 2.24) is 20.5 Å². The van der Waals surface area contributed by atoms with Crippen LogP contribution in [0.15, 0.2) is 9.52 Å². The van der Waals surface area contributed by atoms with Crippen LogP contribution in [0, 0.1) is 12.8 Å². The van der Waals surface area contributed by atoms with Gasteiger partial charge in [0, 0.05) is 38.9 Å². The number of aliphatic imine (C=N–C) groups is 1. The minimum atomic E-state index is -0.398. The maximum Gasteiger partial charge on any atom is 0.223 e. The maximum absolute atomic E-state index is 5.86. The van der Waals surface area contributed by atoms with E-state index in [9.17, 15) is 0 Å². The highest BCUT2D eigenvalue weighted by Gasteiger charge is 2.41. The van der Waals surface area contributed by atoms with Crippen LogP contribution in [0.1, 0.15) is 57.2 Å². The molecule has 7 nitrogen and oxygen atoms in total. The Labute approximate surface area is 142 Å². The summed E-state index contributed by atoms with van der Waals surface area (Å²) >= 11 is 0. The van der Waals surface area contributed by atoms with Gasteiger partial charge in [-0.25, -0.2) is 15.3 Å². The number of aryl methyl sites for hydroxylation is 1. The van der Waals surface area contributed by atoms with E-state index in [0.717, 1.165) is 43.7 Å². The molecule has 0 aromatic carbocycles. The molecule has 4 rings (SSSR count). The van der Waals surface area contributed by atoms with Gasteiger partial charge in [0.2, 0.25) is 5.89 Å². The molecule has 2 fully saturated rings. The third kappa shape index (κ3) is 3.32. The van der Waals surface area contributed by atoms with E-state index in [1.165, 1.54) is 25.7 Å². The lowest BCUT2D eigenvalue weighted by molar-refractivity contribution is -0.0963. The topological polar surface area (TPSA) is 75.8 Å². The van der Waals surface area contributed by atoms with Gasteiger partial charge in [-0.1, -0.05) is 24.9 Å². The summed E-state index contributed by atoms with van der Waals surface area (Å²) in [4.78, 5) is 17.6. The van der Waals surface area contributed by atoms with Gasteiger partial charge in [0.15, 0.2) is 11.5 Å². The standard InChI is InChI=1S/C17H27N5O2/c1-12-4-3-5-14(10-12)22-8-6-17(7-9-22)19-16(21-24-17)11-15-18-13(2)23-20-15/h12,14H,3-11H2,1-2H3,(H,19,21). The quantitative estimate of drug-likeness (QED) is 0.914. The molecule has 2 unspecified atom stereocenters. The molecule has 1 N–H and O–H groups in total. The minimum Gasteiger partial charge on any atom is -0.340 e. The smallest absolute Gasteiger partial charge is 0.223 e. The fourth-order valence-corrected chi connectivity index (χ4v) is 4.27. The summed E-state index contributed by atoms with van der Waals surface area (Å²) in [5, 5.41) is 3.92. The van der Waals surface area contributed by atoms with Crippen LogP contribution in [0.4, 0.5) is 0 Å².